The molecular weight excluding hydrogens is 144 g/mol. The van der Waals surface area contributed by atoms with Crippen molar-refractivity contribution >= 4 is 6.29 Å². The summed E-state index contributed by atoms with van der Waals surface area (Å²) in [5.41, 5.74) is 6.08. The van der Waals surface area contributed by atoms with E-state index in [0.29, 0.717) is 12.7 Å². The van der Waals surface area contributed by atoms with E-state index in [4.69, 9.17) is 11.6 Å². The Balaban J connectivity index is 2.57. The Morgan fingerprint density at radius 2 is 2.55 bits per heavy atom. The van der Waals surface area contributed by atoms with Crippen LogP contribution < -0.4 is 11.6 Å². The first-order valence-corrected chi connectivity index (χ1v) is 3.21. The topological polar surface area (TPSA) is 86.9 Å². The average molecular weight is 154 g/mol. The van der Waals surface area contributed by atoms with Gasteiger partial charge in [-0.3, -0.25) is 4.68 Å². The number of nitrogens with zero attached hydrogens (tertiary/aromatic N) is 2. The van der Waals surface area contributed by atoms with Crippen LogP contribution >= 0.6 is 0 Å². The SMILES string of the molecule is N[C@H](C=O)Cc1cn(N)cn1. The molecular formula is C6H10N4O. The Morgan fingerprint density at radius 1 is 1.82 bits per heavy atom. The second kappa shape index (κ2) is 3.16. The maximum absolute atomic E-state index is 10.1. The van der Waals surface area contributed by atoms with Gasteiger partial charge in [0.25, 0.3) is 0 Å². The minimum atomic E-state index is -0.482. The summed E-state index contributed by atoms with van der Waals surface area (Å²) in [5, 5.41) is 0. The van der Waals surface area contributed by atoms with Gasteiger partial charge in [-0.15, -0.1) is 0 Å². The number of carbonyl (C=O) groups is 1. The fourth-order valence-electron chi connectivity index (χ4n) is 0.775. The third-order valence-electron chi connectivity index (χ3n) is 1.27. The second-order valence-electron chi connectivity index (χ2n) is 2.32. The number of nitrogens with two attached hydrogens (primary N) is 2. The molecule has 0 spiro atoms. The standard InChI is InChI=1S/C6H10N4O/c7-5(3-11)1-6-2-10(8)4-9-6/h2-5H,1,7-8H2/t5-/m0/s1. The van der Waals surface area contributed by atoms with Gasteiger partial charge in [-0.2, -0.15) is 0 Å². The smallest absolute Gasteiger partial charge is 0.137 e. The van der Waals surface area contributed by atoms with Gasteiger partial charge in [0.05, 0.1) is 11.7 Å². The summed E-state index contributed by atoms with van der Waals surface area (Å²) in [7, 11) is 0. The molecule has 1 aromatic heterocycles. The van der Waals surface area contributed by atoms with Crippen molar-refractivity contribution in [2.24, 2.45) is 5.73 Å². The zero-order chi connectivity index (χ0) is 8.27. The van der Waals surface area contributed by atoms with Crippen LogP contribution in [0.15, 0.2) is 12.5 Å². The lowest BCUT2D eigenvalue weighted by atomic mass is 10.2. The maximum atomic E-state index is 10.1. The van der Waals surface area contributed by atoms with Crippen molar-refractivity contribution in [3.8, 4) is 0 Å². The highest BCUT2D eigenvalue weighted by molar-refractivity contribution is 5.57. The zero-order valence-corrected chi connectivity index (χ0v) is 5.97. The van der Waals surface area contributed by atoms with Crippen molar-refractivity contribution < 1.29 is 4.79 Å². The molecule has 1 atom stereocenters. The molecule has 0 radical (unpaired) electrons. The summed E-state index contributed by atoms with van der Waals surface area (Å²) in [4.78, 5) is 14.0. The zero-order valence-electron chi connectivity index (χ0n) is 5.97. The average Bonchev–Trinajstić information content (AvgIpc) is 2.35. The number of hydrogen-bond acceptors (Lipinski definition) is 4. The molecule has 0 aromatic carbocycles. The highest BCUT2D eigenvalue weighted by atomic mass is 16.1. The van der Waals surface area contributed by atoms with Gasteiger partial charge in [-0.05, 0) is 0 Å². The van der Waals surface area contributed by atoms with Crippen molar-refractivity contribution in [3.63, 3.8) is 0 Å². The van der Waals surface area contributed by atoms with Gasteiger partial charge in [0.2, 0.25) is 0 Å². The number of hydrogen-bond donors (Lipinski definition) is 2. The molecule has 5 heteroatoms. The van der Waals surface area contributed by atoms with E-state index in [9.17, 15) is 4.79 Å². The van der Waals surface area contributed by atoms with Crippen LogP contribution in [0.3, 0.4) is 0 Å². The number of aldehydes is 1. The molecule has 0 aliphatic heterocycles. The van der Waals surface area contributed by atoms with Crippen molar-refractivity contribution in [3.05, 3.63) is 18.2 Å². The van der Waals surface area contributed by atoms with Crippen LogP contribution in [0.25, 0.3) is 0 Å². The van der Waals surface area contributed by atoms with Gasteiger partial charge in [0.15, 0.2) is 0 Å². The summed E-state index contributed by atoms with van der Waals surface area (Å²) in [6.07, 6.45) is 4.22. The van der Waals surface area contributed by atoms with Gasteiger partial charge >= 0.3 is 0 Å². The molecule has 5 nitrogen and oxygen atoms in total. The summed E-state index contributed by atoms with van der Waals surface area (Å²) in [6.45, 7) is 0. The monoisotopic (exact) mass is 154 g/mol. The Hall–Kier alpha value is -1.36. The van der Waals surface area contributed by atoms with Crippen molar-refractivity contribution in [1.29, 1.82) is 0 Å². The molecule has 1 heterocycles. The molecule has 0 amide bonds. The Bertz CT molecular complexity index is 244. The first kappa shape index (κ1) is 7.74. The molecule has 0 saturated heterocycles. The molecule has 0 aliphatic rings. The van der Waals surface area contributed by atoms with E-state index in [-0.39, 0.29) is 0 Å². The fourth-order valence-corrected chi connectivity index (χ4v) is 0.775. The van der Waals surface area contributed by atoms with Gasteiger partial charge in [-0.25, -0.2) is 4.98 Å². The molecule has 0 fully saturated rings. The number of imidazole rings is 1. The van der Waals surface area contributed by atoms with Gasteiger partial charge in [0, 0.05) is 12.6 Å². The molecule has 0 unspecified atom stereocenters. The summed E-state index contributed by atoms with van der Waals surface area (Å²) in [6, 6.07) is -0.482. The normalized spacial score (nSPS) is 12.8. The van der Waals surface area contributed by atoms with Crippen LogP contribution in [-0.4, -0.2) is 22.0 Å². The quantitative estimate of drug-likeness (QED) is 0.417. The first-order valence-electron chi connectivity index (χ1n) is 3.21. The number of rotatable bonds is 3. The van der Waals surface area contributed by atoms with E-state index < -0.39 is 6.04 Å². The van der Waals surface area contributed by atoms with E-state index in [1.165, 1.54) is 11.0 Å². The van der Waals surface area contributed by atoms with Gasteiger partial charge in [-0.1, -0.05) is 0 Å². The van der Waals surface area contributed by atoms with Crippen LogP contribution in [0.2, 0.25) is 0 Å². The first-order chi connectivity index (χ1) is 5.22. The van der Waals surface area contributed by atoms with Crippen LogP contribution in [0.4, 0.5) is 0 Å². The molecule has 11 heavy (non-hydrogen) atoms. The van der Waals surface area contributed by atoms with E-state index in [1.807, 2.05) is 0 Å². The third-order valence-corrected chi connectivity index (χ3v) is 1.27. The maximum Gasteiger partial charge on any atom is 0.137 e. The van der Waals surface area contributed by atoms with Crippen molar-refractivity contribution in [1.82, 2.24) is 9.66 Å². The second-order valence-corrected chi connectivity index (χ2v) is 2.32. The summed E-state index contributed by atoms with van der Waals surface area (Å²) < 4.78 is 1.33. The van der Waals surface area contributed by atoms with Crippen LogP contribution in [0, 0.1) is 0 Å². The Kier molecular flexibility index (Phi) is 2.22. The molecule has 60 valence electrons. The lowest BCUT2D eigenvalue weighted by molar-refractivity contribution is -0.108. The third kappa shape index (κ3) is 2.05. The number of nitrogen functional groups attached to an aromatic ring is 1. The number of aromatic nitrogens is 2. The summed E-state index contributed by atoms with van der Waals surface area (Å²) in [5.74, 6) is 5.32. The minimum Gasteiger partial charge on any atom is -0.338 e. The lowest BCUT2D eigenvalue weighted by Gasteiger charge is -1.97. The lowest BCUT2D eigenvalue weighted by Crippen LogP contribution is -2.24. The van der Waals surface area contributed by atoms with E-state index in [0.717, 1.165) is 5.69 Å². The van der Waals surface area contributed by atoms with Gasteiger partial charge in [0.1, 0.15) is 12.6 Å². The summed E-state index contributed by atoms with van der Waals surface area (Å²) >= 11 is 0. The van der Waals surface area contributed by atoms with Gasteiger partial charge < -0.3 is 16.4 Å². The largest absolute Gasteiger partial charge is 0.338 e. The predicted molar refractivity (Wildman–Crippen MR) is 40.1 cm³/mol. The van der Waals surface area contributed by atoms with E-state index in [1.54, 1.807) is 6.20 Å². The Morgan fingerprint density at radius 3 is 3.00 bits per heavy atom. The Labute approximate surface area is 64.0 Å². The molecule has 1 aromatic rings. The highest BCUT2D eigenvalue weighted by Gasteiger charge is 2.03. The van der Waals surface area contributed by atoms with Crippen molar-refractivity contribution in [2.45, 2.75) is 12.5 Å². The highest BCUT2D eigenvalue weighted by Crippen LogP contribution is 1.95. The van der Waals surface area contributed by atoms with Crippen LogP contribution in [0.5, 0.6) is 0 Å². The van der Waals surface area contributed by atoms with Crippen LogP contribution in [0.1, 0.15) is 5.69 Å². The van der Waals surface area contributed by atoms with E-state index >= 15 is 0 Å². The molecule has 1 rings (SSSR count). The predicted octanol–water partition coefficient (Wildman–Crippen LogP) is -1.33. The molecule has 4 N–H and O–H groups in total. The molecule has 0 aliphatic carbocycles. The fraction of sp³-hybridized carbons (Fsp3) is 0.333. The van der Waals surface area contributed by atoms with Crippen LogP contribution in [-0.2, 0) is 11.2 Å². The number of carbonyl (C=O) groups excluding carboxylic acids is 1. The molecule has 0 saturated carbocycles. The van der Waals surface area contributed by atoms with E-state index in [2.05, 4.69) is 4.98 Å². The molecule has 0 bridgehead atoms. The minimum absolute atomic E-state index is 0.438. The van der Waals surface area contributed by atoms with Crippen molar-refractivity contribution in [2.75, 3.05) is 5.84 Å².